The van der Waals surface area contributed by atoms with E-state index in [1.807, 2.05) is 6.07 Å². The lowest BCUT2D eigenvalue weighted by Crippen LogP contribution is -2.49. The van der Waals surface area contributed by atoms with Gasteiger partial charge in [0.1, 0.15) is 17.5 Å². The van der Waals surface area contributed by atoms with Crippen LogP contribution in [0.1, 0.15) is 15.9 Å². The van der Waals surface area contributed by atoms with Gasteiger partial charge in [0.15, 0.2) is 0 Å². The molecule has 30 heavy (non-hydrogen) atoms. The number of aromatic carboxylic acids is 1. The maximum absolute atomic E-state index is 13.1. The Morgan fingerprint density at radius 2 is 1.70 bits per heavy atom. The number of anilines is 1. The van der Waals surface area contributed by atoms with Gasteiger partial charge in [-0.05, 0) is 42.0 Å². The van der Waals surface area contributed by atoms with Gasteiger partial charge in [-0.3, -0.25) is 4.79 Å². The van der Waals surface area contributed by atoms with E-state index in [1.54, 1.807) is 29.2 Å². The van der Waals surface area contributed by atoms with Gasteiger partial charge in [-0.1, -0.05) is 12.1 Å². The molecular formula is C22H21FN4O3. The van der Waals surface area contributed by atoms with Crippen LogP contribution in [0.15, 0.2) is 60.3 Å². The van der Waals surface area contributed by atoms with E-state index in [9.17, 15) is 19.2 Å². The van der Waals surface area contributed by atoms with Crippen LogP contribution in [0, 0.1) is 17.1 Å². The molecule has 0 aromatic heterocycles. The van der Waals surface area contributed by atoms with Gasteiger partial charge in [-0.15, -0.1) is 0 Å². The Hall–Kier alpha value is -3.86. The Morgan fingerprint density at radius 3 is 2.27 bits per heavy atom. The highest BCUT2D eigenvalue weighted by Crippen LogP contribution is 2.17. The lowest BCUT2D eigenvalue weighted by Gasteiger charge is -2.36. The number of benzene rings is 2. The van der Waals surface area contributed by atoms with Crippen LogP contribution in [-0.4, -0.2) is 48.1 Å². The molecule has 1 aliphatic heterocycles. The van der Waals surface area contributed by atoms with Crippen LogP contribution in [0.25, 0.3) is 0 Å². The molecule has 0 aliphatic carbocycles. The number of carbonyl (C=O) groups is 2. The van der Waals surface area contributed by atoms with Crippen molar-refractivity contribution in [3.05, 3.63) is 77.2 Å². The van der Waals surface area contributed by atoms with E-state index in [0.29, 0.717) is 32.7 Å². The highest BCUT2D eigenvalue weighted by molar-refractivity contribution is 5.97. The number of amides is 1. The molecule has 0 bridgehead atoms. The van der Waals surface area contributed by atoms with Crippen LogP contribution < -0.4 is 10.2 Å². The Bertz CT molecular complexity index is 973. The van der Waals surface area contributed by atoms with Gasteiger partial charge >= 0.3 is 5.97 Å². The molecule has 0 radical (unpaired) electrons. The monoisotopic (exact) mass is 408 g/mol. The normalized spacial score (nSPS) is 14.2. The third kappa shape index (κ3) is 5.14. The molecule has 154 valence electrons. The molecular weight excluding hydrogens is 387 g/mol. The molecule has 2 aromatic rings. The van der Waals surface area contributed by atoms with Crippen LogP contribution in [0.5, 0.6) is 0 Å². The Balaban J connectivity index is 1.53. The summed E-state index contributed by atoms with van der Waals surface area (Å²) in [4.78, 5) is 27.2. The SMILES string of the molecule is N#C/C(=C/NCc1ccc(C(=O)O)cc1)C(=O)N1CCN(c2ccc(F)cc2)CC1. The van der Waals surface area contributed by atoms with E-state index in [-0.39, 0.29) is 22.9 Å². The number of halogens is 1. The molecule has 3 rings (SSSR count). The molecule has 1 saturated heterocycles. The first kappa shape index (κ1) is 20.9. The Kier molecular flexibility index (Phi) is 6.65. The van der Waals surface area contributed by atoms with Crippen molar-refractivity contribution in [2.75, 3.05) is 31.1 Å². The maximum Gasteiger partial charge on any atom is 0.335 e. The molecule has 2 aromatic carbocycles. The van der Waals surface area contributed by atoms with Gasteiger partial charge in [0.25, 0.3) is 5.91 Å². The van der Waals surface area contributed by atoms with Crippen LogP contribution in [0.4, 0.5) is 10.1 Å². The predicted octanol–water partition coefficient (Wildman–Crippen LogP) is 2.37. The Morgan fingerprint density at radius 1 is 1.07 bits per heavy atom. The van der Waals surface area contributed by atoms with E-state index in [1.165, 1.54) is 30.5 Å². The van der Waals surface area contributed by atoms with Crippen molar-refractivity contribution in [1.82, 2.24) is 10.2 Å². The van der Waals surface area contributed by atoms with E-state index >= 15 is 0 Å². The molecule has 0 atom stereocenters. The van der Waals surface area contributed by atoms with Gasteiger partial charge in [0, 0.05) is 44.6 Å². The number of hydrogen-bond acceptors (Lipinski definition) is 5. The summed E-state index contributed by atoms with van der Waals surface area (Å²) in [5.74, 6) is -1.63. The minimum atomic E-state index is -0.994. The highest BCUT2D eigenvalue weighted by atomic mass is 19.1. The zero-order valence-electron chi connectivity index (χ0n) is 16.2. The Labute approximate surface area is 173 Å². The maximum atomic E-state index is 13.1. The van der Waals surface area contributed by atoms with Gasteiger partial charge in [0.2, 0.25) is 0 Å². The third-order valence-electron chi connectivity index (χ3n) is 4.86. The summed E-state index contributed by atoms with van der Waals surface area (Å²) in [5, 5.41) is 21.2. The molecule has 0 spiro atoms. The zero-order valence-corrected chi connectivity index (χ0v) is 16.2. The number of hydrogen-bond donors (Lipinski definition) is 2. The standard InChI is InChI=1S/C22H21FN4O3/c23-19-5-7-20(8-6-19)26-9-11-27(12-10-26)21(28)18(13-24)15-25-14-16-1-3-17(4-2-16)22(29)30/h1-8,15,25H,9-12,14H2,(H,29,30)/b18-15-. The molecule has 8 heteroatoms. The average molecular weight is 408 g/mol. The van der Waals surface area contributed by atoms with Crippen LogP contribution in [0.2, 0.25) is 0 Å². The molecule has 2 N–H and O–H groups in total. The van der Waals surface area contributed by atoms with E-state index in [2.05, 4.69) is 10.2 Å². The molecule has 1 heterocycles. The van der Waals surface area contributed by atoms with E-state index in [0.717, 1.165) is 11.3 Å². The number of carboxylic acids is 1. The van der Waals surface area contributed by atoms with Gasteiger partial charge in [0.05, 0.1) is 5.56 Å². The molecule has 0 unspecified atom stereocenters. The van der Waals surface area contributed by atoms with Crippen molar-refractivity contribution in [1.29, 1.82) is 5.26 Å². The van der Waals surface area contributed by atoms with Gasteiger partial charge in [-0.2, -0.15) is 5.26 Å². The fourth-order valence-corrected chi connectivity index (χ4v) is 3.17. The molecule has 7 nitrogen and oxygen atoms in total. The van der Waals surface area contributed by atoms with Crippen LogP contribution in [-0.2, 0) is 11.3 Å². The number of rotatable bonds is 6. The lowest BCUT2D eigenvalue weighted by atomic mass is 10.1. The summed E-state index contributed by atoms with van der Waals surface area (Å²) < 4.78 is 13.1. The largest absolute Gasteiger partial charge is 0.478 e. The molecule has 0 saturated carbocycles. The summed E-state index contributed by atoms with van der Waals surface area (Å²) in [6.07, 6.45) is 1.39. The summed E-state index contributed by atoms with van der Waals surface area (Å²) in [6.45, 7) is 2.48. The number of piperazine rings is 1. The number of nitrogens with zero attached hydrogens (tertiary/aromatic N) is 3. The second-order valence-electron chi connectivity index (χ2n) is 6.81. The minimum Gasteiger partial charge on any atom is -0.478 e. The second kappa shape index (κ2) is 9.56. The fraction of sp³-hybridized carbons (Fsp3) is 0.227. The van der Waals surface area contributed by atoms with Crippen molar-refractivity contribution in [2.24, 2.45) is 0 Å². The fourth-order valence-electron chi connectivity index (χ4n) is 3.17. The number of carbonyl (C=O) groups excluding carboxylic acids is 1. The summed E-state index contributed by atoms with van der Waals surface area (Å²) in [6, 6.07) is 14.5. The topological polar surface area (TPSA) is 96.7 Å². The van der Waals surface area contributed by atoms with E-state index < -0.39 is 5.97 Å². The zero-order chi connectivity index (χ0) is 21.5. The quantitative estimate of drug-likeness (QED) is 0.563. The first-order chi connectivity index (χ1) is 14.5. The smallest absolute Gasteiger partial charge is 0.335 e. The minimum absolute atomic E-state index is 0.00684. The second-order valence-corrected chi connectivity index (χ2v) is 6.81. The van der Waals surface area contributed by atoms with Crippen molar-refractivity contribution in [3.8, 4) is 6.07 Å². The summed E-state index contributed by atoms with van der Waals surface area (Å²) in [7, 11) is 0. The summed E-state index contributed by atoms with van der Waals surface area (Å²) in [5.41, 5.74) is 1.93. The third-order valence-corrected chi connectivity index (χ3v) is 4.86. The average Bonchev–Trinajstić information content (AvgIpc) is 2.77. The van der Waals surface area contributed by atoms with Crippen LogP contribution >= 0.6 is 0 Å². The van der Waals surface area contributed by atoms with Gasteiger partial charge < -0.3 is 20.2 Å². The first-order valence-corrected chi connectivity index (χ1v) is 9.43. The lowest BCUT2D eigenvalue weighted by molar-refractivity contribution is -0.127. The molecule has 1 amide bonds. The van der Waals surface area contributed by atoms with Crippen molar-refractivity contribution < 1.29 is 19.1 Å². The molecule has 1 aliphatic rings. The molecule has 1 fully saturated rings. The predicted molar refractivity (Wildman–Crippen MR) is 109 cm³/mol. The van der Waals surface area contributed by atoms with Crippen molar-refractivity contribution in [2.45, 2.75) is 6.54 Å². The summed E-state index contributed by atoms with van der Waals surface area (Å²) >= 11 is 0. The van der Waals surface area contributed by atoms with Crippen molar-refractivity contribution in [3.63, 3.8) is 0 Å². The highest BCUT2D eigenvalue weighted by Gasteiger charge is 2.23. The van der Waals surface area contributed by atoms with Gasteiger partial charge in [-0.25, -0.2) is 9.18 Å². The number of carboxylic acid groups (broad SMARTS) is 1. The number of nitrogens with one attached hydrogen (secondary N) is 1. The van der Waals surface area contributed by atoms with Crippen molar-refractivity contribution >= 4 is 17.6 Å². The van der Waals surface area contributed by atoms with E-state index in [4.69, 9.17) is 5.11 Å². The first-order valence-electron chi connectivity index (χ1n) is 9.43. The number of nitriles is 1. The van der Waals surface area contributed by atoms with Crippen LogP contribution in [0.3, 0.4) is 0 Å².